The molecule has 0 saturated carbocycles. The molecule has 1 atom stereocenters. The van der Waals surface area contributed by atoms with Gasteiger partial charge < -0.3 is 5.11 Å². The zero-order valence-electron chi connectivity index (χ0n) is 9.31. The second-order valence-electron chi connectivity index (χ2n) is 3.83. The van der Waals surface area contributed by atoms with Gasteiger partial charge in [-0.15, -0.1) is 0 Å². The maximum Gasteiger partial charge on any atom is 0.195 e. The Labute approximate surface area is 122 Å². The third kappa shape index (κ3) is 3.80. The summed E-state index contributed by atoms with van der Waals surface area (Å²) in [4.78, 5) is 12.0. The quantitative estimate of drug-likeness (QED) is 0.844. The molecular formula is C15H14Cl2O2. The highest BCUT2D eigenvalue weighted by molar-refractivity contribution is 6.31. The lowest BCUT2D eigenvalue weighted by molar-refractivity contribution is 0.0747. The van der Waals surface area contributed by atoms with Gasteiger partial charge >= 0.3 is 0 Å². The first kappa shape index (κ1) is 15.7. The summed E-state index contributed by atoms with van der Waals surface area (Å²) in [5, 5.41) is 11.1. The van der Waals surface area contributed by atoms with E-state index < -0.39 is 6.10 Å². The van der Waals surface area contributed by atoms with Crippen molar-refractivity contribution in [3.63, 3.8) is 0 Å². The lowest BCUT2D eigenvalue weighted by atomic mass is 10.0. The molecule has 0 fully saturated rings. The van der Waals surface area contributed by atoms with Gasteiger partial charge in [-0.3, -0.25) is 4.79 Å². The fraction of sp³-hybridized carbons (Fsp3) is 0.133. The Morgan fingerprint density at radius 2 is 1.32 bits per heavy atom. The number of rotatable bonds is 3. The summed E-state index contributed by atoms with van der Waals surface area (Å²) in [7, 11) is 0. The average molecular weight is 297 g/mol. The number of carbonyl (C=O) groups excluding carboxylic acids is 1. The summed E-state index contributed by atoms with van der Waals surface area (Å²) in [6.07, 6.45) is -1.19. The number of halogens is 2. The Hall–Kier alpha value is -1.35. The van der Waals surface area contributed by atoms with Gasteiger partial charge in [0, 0.05) is 15.6 Å². The Bertz CT molecular complexity index is 547. The monoisotopic (exact) mass is 296 g/mol. The van der Waals surface area contributed by atoms with E-state index in [-0.39, 0.29) is 13.2 Å². The van der Waals surface area contributed by atoms with Gasteiger partial charge in [-0.25, -0.2) is 0 Å². The van der Waals surface area contributed by atoms with E-state index in [1.165, 1.54) is 0 Å². The van der Waals surface area contributed by atoms with Crippen molar-refractivity contribution < 1.29 is 9.90 Å². The molecule has 0 amide bonds. The van der Waals surface area contributed by atoms with Gasteiger partial charge in [-0.1, -0.05) is 42.8 Å². The molecule has 2 aromatic rings. The maximum absolute atomic E-state index is 12.0. The molecule has 2 aromatic carbocycles. The van der Waals surface area contributed by atoms with Crippen molar-refractivity contribution in [2.24, 2.45) is 0 Å². The van der Waals surface area contributed by atoms with E-state index in [0.717, 1.165) is 0 Å². The van der Waals surface area contributed by atoms with Gasteiger partial charge in [-0.05, 0) is 42.0 Å². The van der Waals surface area contributed by atoms with Crippen LogP contribution in [0.2, 0.25) is 10.0 Å². The molecule has 0 radical (unpaired) electrons. The van der Waals surface area contributed by atoms with Crippen LogP contribution in [0.3, 0.4) is 0 Å². The van der Waals surface area contributed by atoms with Gasteiger partial charge in [0.15, 0.2) is 5.78 Å². The fourth-order valence-electron chi connectivity index (χ4n) is 1.57. The third-order valence-corrected chi connectivity index (χ3v) is 3.07. The smallest absolute Gasteiger partial charge is 0.195 e. The standard InChI is InChI=1S/C14H10Cl2O2.CH4/c15-11-5-1-9(2-6-11)13(17)14(18)10-3-7-12(16)8-4-10;/h1-8,13,17H;1H4. The lowest BCUT2D eigenvalue weighted by Crippen LogP contribution is -2.12. The minimum absolute atomic E-state index is 0. The van der Waals surface area contributed by atoms with Crippen LogP contribution in [0.4, 0.5) is 0 Å². The minimum Gasteiger partial charge on any atom is -0.380 e. The summed E-state index contributed by atoms with van der Waals surface area (Å²) in [5.74, 6) is -0.367. The van der Waals surface area contributed by atoms with E-state index in [9.17, 15) is 9.90 Å². The topological polar surface area (TPSA) is 37.3 Å². The SMILES string of the molecule is C.O=C(c1ccc(Cl)cc1)C(O)c1ccc(Cl)cc1. The van der Waals surface area contributed by atoms with E-state index in [4.69, 9.17) is 23.2 Å². The van der Waals surface area contributed by atoms with Crippen molar-refractivity contribution in [1.29, 1.82) is 0 Å². The molecule has 19 heavy (non-hydrogen) atoms. The van der Waals surface area contributed by atoms with Crippen LogP contribution in [0.15, 0.2) is 48.5 Å². The first-order valence-corrected chi connectivity index (χ1v) is 6.07. The summed E-state index contributed by atoms with van der Waals surface area (Å²) in [6.45, 7) is 0. The molecule has 0 aliphatic rings. The summed E-state index contributed by atoms with van der Waals surface area (Å²) in [6, 6.07) is 12.9. The molecule has 2 rings (SSSR count). The Morgan fingerprint density at radius 3 is 1.79 bits per heavy atom. The van der Waals surface area contributed by atoms with Crippen LogP contribution < -0.4 is 0 Å². The minimum atomic E-state index is -1.19. The normalized spacial score (nSPS) is 11.5. The second-order valence-corrected chi connectivity index (χ2v) is 4.70. The maximum atomic E-state index is 12.0. The van der Waals surface area contributed by atoms with Gasteiger partial charge in [-0.2, -0.15) is 0 Å². The van der Waals surface area contributed by atoms with E-state index in [1.54, 1.807) is 48.5 Å². The van der Waals surface area contributed by atoms with E-state index in [1.807, 2.05) is 0 Å². The predicted molar refractivity (Wildman–Crippen MR) is 78.9 cm³/mol. The zero-order chi connectivity index (χ0) is 13.1. The zero-order valence-corrected chi connectivity index (χ0v) is 10.8. The highest BCUT2D eigenvalue weighted by atomic mass is 35.5. The van der Waals surface area contributed by atoms with Crippen LogP contribution >= 0.6 is 23.2 Å². The first-order chi connectivity index (χ1) is 8.58. The van der Waals surface area contributed by atoms with E-state index in [0.29, 0.717) is 21.2 Å². The van der Waals surface area contributed by atoms with Crippen LogP contribution in [0.5, 0.6) is 0 Å². The van der Waals surface area contributed by atoms with Crippen LogP contribution in [0.25, 0.3) is 0 Å². The van der Waals surface area contributed by atoms with E-state index in [2.05, 4.69) is 0 Å². The molecule has 1 unspecified atom stereocenters. The molecule has 100 valence electrons. The van der Waals surface area contributed by atoms with Crippen molar-refractivity contribution in [1.82, 2.24) is 0 Å². The summed E-state index contributed by atoms with van der Waals surface area (Å²) in [5.41, 5.74) is 0.932. The van der Waals surface area contributed by atoms with Gasteiger partial charge in [0.2, 0.25) is 0 Å². The predicted octanol–water partition coefficient (Wildman–Crippen LogP) is 4.55. The molecule has 0 aromatic heterocycles. The number of hydrogen-bond donors (Lipinski definition) is 1. The number of carbonyl (C=O) groups is 1. The molecule has 1 N–H and O–H groups in total. The molecule has 0 spiro atoms. The van der Waals surface area contributed by atoms with Crippen molar-refractivity contribution in [3.8, 4) is 0 Å². The third-order valence-electron chi connectivity index (χ3n) is 2.56. The largest absolute Gasteiger partial charge is 0.380 e. The average Bonchev–Trinajstić information content (AvgIpc) is 2.39. The number of benzene rings is 2. The van der Waals surface area contributed by atoms with Crippen molar-refractivity contribution >= 4 is 29.0 Å². The van der Waals surface area contributed by atoms with Crippen LogP contribution in [0.1, 0.15) is 29.5 Å². The van der Waals surface area contributed by atoms with E-state index >= 15 is 0 Å². The molecule has 0 bridgehead atoms. The molecule has 0 saturated heterocycles. The molecular weight excluding hydrogens is 283 g/mol. The Morgan fingerprint density at radius 1 is 0.895 bits per heavy atom. The van der Waals surface area contributed by atoms with Crippen LogP contribution in [-0.2, 0) is 0 Å². The van der Waals surface area contributed by atoms with Crippen LogP contribution in [0, 0.1) is 0 Å². The highest BCUT2D eigenvalue weighted by Crippen LogP contribution is 2.21. The van der Waals surface area contributed by atoms with Gasteiger partial charge in [0.05, 0.1) is 0 Å². The second kappa shape index (κ2) is 6.71. The first-order valence-electron chi connectivity index (χ1n) is 5.31. The Balaban J connectivity index is 0.00000180. The summed E-state index contributed by atoms with van der Waals surface area (Å²) >= 11 is 11.5. The highest BCUT2D eigenvalue weighted by Gasteiger charge is 2.18. The molecule has 0 aliphatic carbocycles. The molecule has 2 nitrogen and oxygen atoms in total. The molecule has 0 aliphatic heterocycles. The number of hydrogen-bond acceptors (Lipinski definition) is 2. The fourth-order valence-corrected chi connectivity index (χ4v) is 1.82. The van der Waals surface area contributed by atoms with Crippen molar-refractivity contribution in [2.75, 3.05) is 0 Å². The number of aliphatic hydroxyl groups excluding tert-OH is 1. The summed E-state index contributed by atoms with van der Waals surface area (Å²) < 4.78 is 0. The van der Waals surface area contributed by atoms with Gasteiger partial charge in [0.25, 0.3) is 0 Å². The lowest BCUT2D eigenvalue weighted by Gasteiger charge is -2.10. The Kier molecular flexibility index (Phi) is 5.55. The van der Waals surface area contributed by atoms with Gasteiger partial charge in [0.1, 0.15) is 6.10 Å². The van der Waals surface area contributed by atoms with Crippen LogP contribution in [-0.4, -0.2) is 10.9 Å². The molecule has 0 heterocycles. The number of Topliss-reactive ketones (excluding diaryl/α,β-unsaturated/α-hetero) is 1. The number of ketones is 1. The number of aliphatic hydroxyl groups is 1. The van der Waals surface area contributed by atoms with Crippen molar-refractivity contribution in [3.05, 3.63) is 69.7 Å². The van der Waals surface area contributed by atoms with Crippen molar-refractivity contribution in [2.45, 2.75) is 13.5 Å². The molecule has 4 heteroatoms.